The highest BCUT2D eigenvalue weighted by Crippen LogP contribution is 2.24. The van der Waals surface area contributed by atoms with E-state index >= 15 is 0 Å². The molecular weight excluding hydrogens is 330 g/mol. The topological polar surface area (TPSA) is 38.3 Å². The zero-order valence-corrected chi connectivity index (χ0v) is 14.3. The molecule has 1 N–H and O–H groups in total. The molecule has 1 unspecified atom stereocenters. The molecule has 1 atom stereocenters. The van der Waals surface area contributed by atoms with E-state index in [-0.39, 0.29) is 11.4 Å². The van der Waals surface area contributed by atoms with Gasteiger partial charge < -0.3 is 10.1 Å². The maximum Gasteiger partial charge on any atom is 0.261 e. The lowest BCUT2D eigenvalue weighted by atomic mass is 10.1. The lowest BCUT2D eigenvalue weighted by Crippen LogP contribution is -2.46. The number of carbonyl (C=O) groups is 1. The zero-order valence-electron chi connectivity index (χ0n) is 12.7. The fourth-order valence-corrected chi connectivity index (χ4v) is 2.38. The summed E-state index contributed by atoms with van der Waals surface area (Å²) in [5, 5.41) is 5.12. The average Bonchev–Trinajstić information content (AvgIpc) is 2.37. The van der Waals surface area contributed by atoms with Gasteiger partial charge in [0.1, 0.15) is 5.75 Å². The van der Waals surface area contributed by atoms with Crippen LogP contribution in [0.15, 0.2) is 40.9 Å². The van der Waals surface area contributed by atoms with Crippen molar-refractivity contribution in [1.82, 2.24) is 5.32 Å². The van der Waals surface area contributed by atoms with Crippen LogP contribution in [0.5, 0.6) is 5.75 Å². The molecule has 0 aliphatic heterocycles. The predicted octanol–water partition coefficient (Wildman–Crippen LogP) is 4.28. The Labute approximate surface area is 133 Å². The summed E-state index contributed by atoms with van der Waals surface area (Å²) in [5.41, 5.74) is -0.260. The lowest BCUT2D eigenvalue weighted by Gasteiger charge is -2.23. The van der Waals surface area contributed by atoms with Gasteiger partial charge in [0.05, 0.1) is 0 Å². The third-order valence-corrected chi connectivity index (χ3v) is 3.45. The van der Waals surface area contributed by atoms with Gasteiger partial charge in [-0.25, -0.2) is 0 Å². The minimum atomic E-state index is -0.530. The van der Waals surface area contributed by atoms with Gasteiger partial charge in [-0.15, -0.1) is 0 Å². The van der Waals surface area contributed by atoms with Crippen molar-refractivity contribution in [2.45, 2.75) is 39.3 Å². The SMILES string of the molecule is CC(Oc1ccc2cc(Br)ccc2c1)C(=O)NC(C)(C)C. The molecule has 0 saturated carbocycles. The van der Waals surface area contributed by atoms with Crippen LogP contribution in [0.4, 0.5) is 0 Å². The van der Waals surface area contributed by atoms with Gasteiger partial charge in [0.15, 0.2) is 6.10 Å². The van der Waals surface area contributed by atoms with Gasteiger partial charge in [0.2, 0.25) is 0 Å². The molecule has 0 aromatic heterocycles. The number of benzene rings is 2. The monoisotopic (exact) mass is 349 g/mol. The lowest BCUT2D eigenvalue weighted by molar-refractivity contribution is -0.128. The predicted molar refractivity (Wildman–Crippen MR) is 89.6 cm³/mol. The van der Waals surface area contributed by atoms with Gasteiger partial charge in [-0.05, 0) is 62.7 Å². The van der Waals surface area contributed by atoms with Crippen LogP contribution in [0, 0.1) is 0 Å². The number of hydrogen-bond donors (Lipinski definition) is 1. The molecule has 2 aromatic carbocycles. The summed E-state index contributed by atoms with van der Waals surface area (Å²) in [7, 11) is 0. The highest BCUT2D eigenvalue weighted by molar-refractivity contribution is 9.10. The minimum Gasteiger partial charge on any atom is -0.481 e. The molecule has 0 radical (unpaired) electrons. The number of hydrogen-bond acceptors (Lipinski definition) is 2. The molecule has 2 aromatic rings. The first-order valence-corrected chi connectivity index (χ1v) is 7.72. The van der Waals surface area contributed by atoms with E-state index < -0.39 is 6.10 Å². The van der Waals surface area contributed by atoms with Gasteiger partial charge >= 0.3 is 0 Å². The number of fused-ring (bicyclic) bond motifs is 1. The van der Waals surface area contributed by atoms with E-state index in [0.717, 1.165) is 15.2 Å². The Bertz CT molecular complexity index is 661. The Morgan fingerprint density at radius 1 is 1.14 bits per heavy atom. The molecule has 0 bridgehead atoms. The second-order valence-electron chi connectivity index (χ2n) is 6.15. The molecule has 2 rings (SSSR count). The van der Waals surface area contributed by atoms with Crippen molar-refractivity contribution >= 4 is 32.6 Å². The standard InChI is InChI=1S/C17H20BrNO2/c1-11(16(20)19-17(2,3)4)21-15-8-6-12-9-14(18)7-5-13(12)10-15/h5-11H,1-4H3,(H,19,20). The second-order valence-corrected chi connectivity index (χ2v) is 7.07. The molecule has 0 aliphatic rings. The molecule has 0 aliphatic carbocycles. The Balaban J connectivity index is 2.12. The van der Waals surface area contributed by atoms with E-state index in [2.05, 4.69) is 27.3 Å². The first-order valence-electron chi connectivity index (χ1n) is 6.93. The van der Waals surface area contributed by atoms with Crippen LogP contribution in [0.1, 0.15) is 27.7 Å². The molecule has 0 spiro atoms. The second kappa shape index (κ2) is 6.06. The quantitative estimate of drug-likeness (QED) is 0.897. The number of amides is 1. The normalized spacial score (nSPS) is 13.0. The number of carbonyl (C=O) groups excluding carboxylic acids is 1. The van der Waals surface area contributed by atoms with Crippen LogP contribution in [0.2, 0.25) is 0 Å². The Kier molecular flexibility index (Phi) is 4.57. The zero-order chi connectivity index (χ0) is 15.6. The fraction of sp³-hybridized carbons (Fsp3) is 0.353. The van der Waals surface area contributed by atoms with Gasteiger partial charge in [0, 0.05) is 10.0 Å². The highest BCUT2D eigenvalue weighted by Gasteiger charge is 2.20. The molecule has 21 heavy (non-hydrogen) atoms. The van der Waals surface area contributed by atoms with Gasteiger partial charge in [-0.3, -0.25) is 4.79 Å². The molecule has 3 nitrogen and oxygen atoms in total. The van der Waals surface area contributed by atoms with Crippen molar-refractivity contribution in [3.63, 3.8) is 0 Å². The van der Waals surface area contributed by atoms with E-state index in [1.807, 2.05) is 51.1 Å². The van der Waals surface area contributed by atoms with Crippen molar-refractivity contribution in [2.75, 3.05) is 0 Å². The third-order valence-electron chi connectivity index (χ3n) is 2.95. The number of rotatable bonds is 3. The summed E-state index contributed by atoms with van der Waals surface area (Å²) in [6, 6.07) is 11.9. The number of ether oxygens (including phenoxy) is 1. The van der Waals surface area contributed by atoms with Gasteiger partial charge in [0.25, 0.3) is 5.91 Å². The largest absolute Gasteiger partial charge is 0.481 e. The first-order chi connectivity index (χ1) is 9.74. The van der Waals surface area contributed by atoms with E-state index in [0.29, 0.717) is 5.75 Å². The maximum absolute atomic E-state index is 12.0. The van der Waals surface area contributed by atoms with Crippen LogP contribution < -0.4 is 10.1 Å². The third kappa shape index (κ3) is 4.46. The van der Waals surface area contributed by atoms with Crippen molar-refractivity contribution in [3.05, 3.63) is 40.9 Å². The van der Waals surface area contributed by atoms with Crippen LogP contribution in [-0.4, -0.2) is 17.6 Å². The Morgan fingerprint density at radius 3 is 2.43 bits per heavy atom. The van der Waals surface area contributed by atoms with Crippen molar-refractivity contribution in [3.8, 4) is 5.75 Å². The van der Waals surface area contributed by atoms with Crippen LogP contribution in [-0.2, 0) is 4.79 Å². The van der Waals surface area contributed by atoms with E-state index in [1.54, 1.807) is 6.92 Å². The molecule has 0 fully saturated rings. The summed E-state index contributed by atoms with van der Waals surface area (Å²) in [5.74, 6) is 0.583. The van der Waals surface area contributed by atoms with Crippen LogP contribution in [0.25, 0.3) is 10.8 Å². The van der Waals surface area contributed by atoms with E-state index in [4.69, 9.17) is 4.74 Å². The number of nitrogens with one attached hydrogen (secondary N) is 1. The van der Waals surface area contributed by atoms with E-state index in [9.17, 15) is 4.79 Å². The smallest absolute Gasteiger partial charge is 0.261 e. The first kappa shape index (κ1) is 15.8. The van der Waals surface area contributed by atoms with Crippen LogP contribution >= 0.6 is 15.9 Å². The van der Waals surface area contributed by atoms with E-state index in [1.165, 1.54) is 0 Å². The summed E-state index contributed by atoms with van der Waals surface area (Å²) < 4.78 is 6.78. The number of halogens is 1. The Hall–Kier alpha value is -1.55. The fourth-order valence-electron chi connectivity index (χ4n) is 2.00. The summed E-state index contributed by atoms with van der Waals surface area (Å²) in [6.07, 6.45) is -0.530. The summed E-state index contributed by atoms with van der Waals surface area (Å²) >= 11 is 3.45. The molecule has 0 saturated heterocycles. The molecule has 4 heteroatoms. The summed E-state index contributed by atoms with van der Waals surface area (Å²) in [4.78, 5) is 12.0. The average molecular weight is 350 g/mol. The molecular formula is C17H20BrNO2. The summed E-state index contributed by atoms with van der Waals surface area (Å²) in [6.45, 7) is 7.61. The molecule has 1 amide bonds. The van der Waals surface area contributed by atoms with Gasteiger partial charge in [-0.2, -0.15) is 0 Å². The van der Waals surface area contributed by atoms with Gasteiger partial charge in [-0.1, -0.05) is 28.1 Å². The highest BCUT2D eigenvalue weighted by atomic mass is 79.9. The van der Waals surface area contributed by atoms with Crippen molar-refractivity contribution < 1.29 is 9.53 Å². The van der Waals surface area contributed by atoms with Crippen molar-refractivity contribution in [2.24, 2.45) is 0 Å². The maximum atomic E-state index is 12.0. The van der Waals surface area contributed by atoms with Crippen molar-refractivity contribution in [1.29, 1.82) is 0 Å². The van der Waals surface area contributed by atoms with Crippen LogP contribution in [0.3, 0.4) is 0 Å². The molecule has 112 valence electrons. The minimum absolute atomic E-state index is 0.113. The molecule has 0 heterocycles. The Morgan fingerprint density at radius 2 is 1.76 bits per heavy atom.